The molecule has 0 atom stereocenters. The van der Waals surface area contributed by atoms with Crippen LogP contribution in [0.15, 0.2) is 18.2 Å². The average molecular weight is 277 g/mol. The number of anilines is 1. The Morgan fingerprint density at radius 1 is 1.05 bits per heavy atom. The van der Waals surface area contributed by atoms with E-state index in [9.17, 15) is 19.5 Å². The second kappa shape index (κ2) is 5.73. The highest BCUT2D eigenvalue weighted by Gasteiger charge is 2.24. The van der Waals surface area contributed by atoms with Crippen molar-refractivity contribution in [2.75, 3.05) is 11.4 Å². The van der Waals surface area contributed by atoms with Gasteiger partial charge in [-0.1, -0.05) is 6.42 Å². The highest BCUT2D eigenvalue weighted by atomic mass is 16.4. The van der Waals surface area contributed by atoms with Gasteiger partial charge >= 0.3 is 11.9 Å². The van der Waals surface area contributed by atoms with Crippen LogP contribution >= 0.6 is 0 Å². The van der Waals surface area contributed by atoms with Gasteiger partial charge in [0, 0.05) is 13.0 Å². The Morgan fingerprint density at radius 3 is 2.45 bits per heavy atom. The number of hydrogen-bond donors (Lipinski definition) is 2. The quantitative estimate of drug-likeness (QED) is 0.881. The minimum atomic E-state index is -1.17. The molecule has 6 heteroatoms. The predicted molar refractivity (Wildman–Crippen MR) is 71.2 cm³/mol. The highest BCUT2D eigenvalue weighted by Crippen LogP contribution is 2.26. The summed E-state index contributed by atoms with van der Waals surface area (Å²) < 4.78 is 0. The summed E-state index contributed by atoms with van der Waals surface area (Å²) in [7, 11) is 0. The second-order valence-electron chi connectivity index (χ2n) is 4.70. The fourth-order valence-corrected chi connectivity index (χ4v) is 2.31. The van der Waals surface area contributed by atoms with Gasteiger partial charge in [0.2, 0.25) is 5.91 Å². The van der Waals surface area contributed by atoms with Gasteiger partial charge in [0.25, 0.3) is 0 Å². The van der Waals surface area contributed by atoms with E-state index in [0.717, 1.165) is 19.3 Å². The van der Waals surface area contributed by atoms with Gasteiger partial charge in [-0.15, -0.1) is 0 Å². The van der Waals surface area contributed by atoms with Crippen molar-refractivity contribution < 1.29 is 24.6 Å². The van der Waals surface area contributed by atoms with Gasteiger partial charge in [-0.05, 0) is 31.0 Å². The molecule has 0 saturated carbocycles. The molecule has 1 amide bonds. The number of hydrogen-bond acceptors (Lipinski definition) is 3. The molecule has 0 spiro atoms. The predicted octanol–water partition coefficient (Wildman–Crippen LogP) is 1.99. The van der Waals surface area contributed by atoms with E-state index >= 15 is 0 Å². The lowest BCUT2D eigenvalue weighted by atomic mass is 10.1. The molecular formula is C14H15NO5. The molecule has 1 heterocycles. The van der Waals surface area contributed by atoms with E-state index in [-0.39, 0.29) is 22.7 Å². The van der Waals surface area contributed by atoms with Crippen LogP contribution in [-0.2, 0) is 4.79 Å². The molecule has 106 valence electrons. The third-order valence-corrected chi connectivity index (χ3v) is 3.34. The largest absolute Gasteiger partial charge is 0.478 e. The maximum Gasteiger partial charge on any atom is 0.337 e. The van der Waals surface area contributed by atoms with E-state index in [1.54, 1.807) is 0 Å². The first-order valence-electron chi connectivity index (χ1n) is 6.41. The molecule has 0 radical (unpaired) electrons. The lowest BCUT2D eigenvalue weighted by Gasteiger charge is -2.22. The van der Waals surface area contributed by atoms with Gasteiger partial charge in [0.1, 0.15) is 0 Å². The number of carbonyl (C=O) groups excluding carboxylic acids is 1. The van der Waals surface area contributed by atoms with Gasteiger partial charge in [0.15, 0.2) is 0 Å². The Morgan fingerprint density at radius 2 is 1.80 bits per heavy atom. The van der Waals surface area contributed by atoms with E-state index < -0.39 is 11.9 Å². The van der Waals surface area contributed by atoms with Crippen molar-refractivity contribution in [2.24, 2.45) is 0 Å². The summed E-state index contributed by atoms with van der Waals surface area (Å²) in [5.74, 6) is -2.48. The normalized spacial score (nSPS) is 15.8. The van der Waals surface area contributed by atoms with E-state index in [0.29, 0.717) is 13.0 Å². The number of rotatable bonds is 3. The summed E-state index contributed by atoms with van der Waals surface area (Å²) in [6.45, 7) is 0.419. The third kappa shape index (κ3) is 2.79. The Bertz CT molecular complexity index is 567. The van der Waals surface area contributed by atoms with Crippen molar-refractivity contribution in [1.29, 1.82) is 0 Å². The number of benzene rings is 1. The molecule has 1 aliphatic heterocycles. The standard InChI is InChI=1S/C14H15NO5/c16-12-4-2-1-3-7-15(12)11-8-9(13(17)18)5-6-10(11)14(19)20/h5-6,8H,1-4,7H2,(H,17,18)(H,19,20). The fraction of sp³-hybridized carbons (Fsp3) is 0.357. The summed E-state index contributed by atoms with van der Waals surface area (Å²) in [4.78, 5) is 35.7. The molecule has 1 aromatic rings. The molecule has 1 aromatic carbocycles. The van der Waals surface area contributed by atoms with E-state index in [1.165, 1.54) is 23.1 Å². The third-order valence-electron chi connectivity index (χ3n) is 3.34. The van der Waals surface area contributed by atoms with Gasteiger partial charge in [-0.25, -0.2) is 9.59 Å². The van der Waals surface area contributed by atoms with Crippen LogP contribution < -0.4 is 4.90 Å². The molecule has 0 bridgehead atoms. The monoisotopic (exact) mass is 277 g/mol. The summed E-state index contributed by atoms with van der Waals surface area (Å²) in [5, 5.41) is 18.2. The van der Waals surface area contributed by atoms with E-state index in [1.807, 2.05) is 0 Å². The molecule has 1 fully saturated rings. The van der Waals surface area contributed by atoms with Crippen molar-refractivity contribution in [3.63, 3.8) is 0 Å². The Hall–Kier alpha value is -2.37. The number of amides is 1. The zero-order valence-electron chi connectivity index (χ0n) is 10.8. The van der Waals surface area contributed by atoms with Crippen LogP contribution in [0.4, 0.5) is 5.69 Å². The van der Waals surface area contributed by atoms with Crippen molar-refractivity contribution in [1.82, 2.24) is 0 Å². The molecule has 0 aromatic heterocycles. The van der Waals surface area contributed by atoms with Gasteiger partial charge in [0.05, 0.1) is 16.8 Å². The Kier molecular flexibility index (Phi) is 4.02. The van der Waals surface area contributed by atoms with Gasteiger partial charge in [-0.2, -0.15) is 0 Å². The number of carbonyl (C=O) groups is 3. The van der Waals surface area contributed by atoms with Crippen LogP contribution in [0, 0.1) is 0 Å². The molecular weight excluding hydrogens is 262 g/mol. The summed E-state index contributed by atoms with van der Waals surface area (Å²) in [6.07, 6.45) is 2.82. The molecule has 1 aliphatic rings. The number of carboxylic acids is 2. The van der Waals surface area contributed by atoms with Gasteiger partial charge < -0.3 is 15.1 Å². The molecule has 2 N–H and O–H groups in total. The first kappa shape index (κ1) is 14.0. The maximum absolute atomic E-state index is 12.1. The zero-order valence-corrected chi connectivity index (χ0v) is 10.8. The SMILES string of the molecule is O=C(O)c1ccc(C(=O)O)c(N2CCCCCC2=O)c1. The van der Waals surface area contributed by atoms with Crippen LogP contribution in [-0.4, -0.2) is 34.6 Å². The lowest BCUT2D eigenvalue weighted by Crippen LogP contribution is -2.31. The van der Waals surface area contributed by atoms with E-state index in [4.69, 9.17) is 5.11 Å². The second-order valence-corrected chi connectivity index (χ2v) is 4.70. The minimum absolute atomic E-state index is 0.0259. The topological polar surface area (TPSA) is 94.9 Å². The zero-order chi connectivity index (χ0) is 14.7. The van der Waals surface area contributed by atoms with Crippen LogP contribution in [0.2, 0.25) is 0 Å². The molecule has 6 nitrogen and oxygen atoms in total. The van der Waals surface area contributed by atoms with Crippen molar-refractivity contribution >= 4 is 23.5 Å². The van der Waals surface area contributed by atoms with Crippen LogP contribution in [0.25, 0.3) is 0 Å². The van der Waals surface area contributed by atoms with Crippen molar-refractivity contribution in [2.45, 2.75) is 25.7 Å². The molecule has 1 saturated heterocycles. The fourth-order valence-electron chi connectivity index (χ4n) is 2.31. The number of nitrogens with zero attached hydrogens (tertiary/aromatic N) is 1. The summed E-state index contributed by atoms with van der Waals surface area (Å²) in [6, 6.07) is 3.73. The molecule has 0 unspecified atom stereocenters. The van der Waals surface area contributed by atoms with Crippen LogP contribution in [0.3, 0.4) is 0 Å². The molecule has 2 rings (SSSR count). The summed E-state index contributed by atoms with van der Waals surface area (Å²) in [5.41, 5.74) is 0.0941. The van der Waals surface area contributed by atoms with Crippen molar-refractivity contribution in [3.8, 4) is 0 Å². The van der Waals surface area contributed by atoms with Gasteiger partial charge in [-0.3, -0.25) is 4.79 Å². The minimum Gasteiger partial charge on any atom is -0.478 e. The first-order chi connectivity index (χ1) is 9.50. The number of carboxylic acid groups (broad SMARTS) is 2. The first-order valence-corrected chi connectivity index (χ1v) is 6.41. The number of aromatic carboxylic acids is 2. The maximum atomic E-state index is 12.1. The van der Waals surface area contributed by atoms with Crippen LogP contribution in [0.1, 0.15) is 46.4 Å². The Labute approximate surface area is 115 Å². The highest BCUT2D eigenvalue weighted by molar-refractivity contribution is 6.03. The lowest BCUT2D eigenvalue weighted by molar-refractivity contribution is -0.118. The molecule has 20 heavy (non-hydrogen) atoms. The molecule has 0 aliphatic carbocycles. The van der Waals surface area contributed by atoms with E-state index in [2.05, 4.69) is 0 Å². The van der Waals surface area contributed by atoms with Crippen LogP contribution in [0.5, 0.6) is 0 Å². The smallest absolute Gasteiger partial charge is 0.337 e. The summed E-state index contributed by atoms with van der Waals surface area (Å²) >= 11 is 0. The average Bonchev–Trinajstić information content (AvgIpc) is 2.62. The Balaban J connectivity index is 2.50. The van der Waals surface area contributed by atoms with Crippen molar-refractivity contribution in [3.05, 3.63) is 29.3 Å².